The van der Waals surface area contributed by atoms with Crippen LogP contribution >= 0.6 is 0 Å². The summed E-state index contributed by atoms with van der Waals surface area (Å²) in [5.74, 6) is 0.531. The smallest absolute Gasteiger partial charge is 0.311 e. The van der Waals surface area contributed by atoms with Crippen LogP contribution in [-0.4, -0.2) is 28.1 Å². The van der Waals surface area contributed by atoms with E-state index in [0.717, 1.165) is 5.56 Å². The minimum Gasteiger partial charge on any atom is -0.495 e. The Labute approximate surface area is 165 Å². The van der Waals surface area contributed by atoms with Crippen molar-refractivity contribution >= 4 is 17.3 Å². The van der Waals surface area contributed by atoms with Crippen molar-refractivity contribution in [2.24, 2.45) is 0 Å². The summed E-state index contributed by atoms with van der Waals surface area (Å²) >= 11 is 0. The Bertz CT molecular complexity index is 1030. The third-order valence-electron chi connectivity index (χ3n) is 3.87. The Kier molecular flexibility index (Phi) is 6.03. The maximum Gasteiger partial charge on any atom is 0.311 e. The highest BCUT2D eigenvalue weighted by Gasteiger charge is 2.17. The van der Waals surface area contributed by atoms with E-state index < -0.39 is 4.92 Å². The van der Waals surface area contributed by atoms with Gasteiger partial charge in [0.2, 0.25) is 5.91 Å². The van der Waals surface area contributed by atoms with Crippen LogP contribution in [0.25, 0.3) is 0 Å². The third-order valence-corrected chi connectivity index (χ3v) is 3.87. The molecule has 1 N–H and O–H groups in total. The molecule has 10 heteroatoms. The molecule has 1 heterocycles. The second kappa shape index (κ2) is 8.83. The van der Waals surface area contributed by atoms with Gasteiger partial charge in [0.05, 0.1) is 24.1 Å². The number of para-hydroxylation sites is 2. The van der Waals surface area contributed by atoms with Gasteiger partial charge in [-0.3, -0.25) is 14.9 Å². The molecule has 0 aliphatic heterocycles. The number of amides is 1. The van der Waals surface area contributed by atoms with Crippen molar-refractivity contribution in [2.75, 3.05) is 12.4 Å². The maximum absolute atomic E-state index is 12.2. The molecule has 0 saturated heterocycles. The Morgan fingerprint density at radius 2 is 2.03 bits per heavy atom. The summed E-state index contributed by atoms with van der Waals surface area (Å²) in [6, 6.07) is 11.6. The number of hydrogen-bond donors (Lipinski definition) is 1. The van der Waals surface area contributed by atoms with Gasteiger partial charge in [-0.15, -0.1) is 0 Å². The highest BCUT2D eigenvalue weighted by molar-refractivity contribution is 5.93. The first kappa shape index (κ1) is 19.8. The molecule has 0 radical (unpaired) electrons. The summed E-state index contributed by atoms with van der Waals surface area (Å²) in [4.78, 5) is 26.9. The first-order valence-electron chi connectivity index (χ1n) is 8.58. The van der Waals surface area contributed by atoms with Gasteiger partial charge in [-0.25, -0.2) is 0 Å². The normalized spacial score (nSPS) is 10.4. The number of carbonyl (C=O) groups is 1. The fourth-order valence-electron chi connectivity index (χ4n) is 2.54. The molecule has 0 fully saturated rings. The lowest BCUT2D eigenvalue weighted by atomic mass is 10.2. The molecule has 150 valence electrons. The number of rotatable bonds is 8. The fraction of sp³-hybridized carbons (Fsp3) is 0.211. The molecule has 0 bridgehead atoms. The monoisotopic (exact) mass is 398 g/mol. The molecule has 0 aliphatic rings. The highest BCUT2D eigenvalue weighted by atomic mass is 16.6. The molecule has 0 aliphatic carbocycles. The molecular formula is C19H18N4O6. The van der Waals surface area contributed by atoms with Crippen LogP contribution in [0.15, 0.2) is 47.0 Å². The zero-order valence-electron chi connectivity index (χ0n) is 15.7. The third kappa shape index (κ3) is 5.06. The van der Waals surface area contributed by atoms with Gasteiger partial charge in [-0.1, -0.05) is 23.4 Å². The number of benzene rings is 2. The lowest BCUT2D eigenvalue weighted by Crippen LogP contribution is -2.15. The Morgan fingerprint density at radius 1 is 1.24 bits per heavy atom. The Hall–Kier alpha value is -3.95. The van der Waals surface area contributed by atoms with Crippen LogP contribution < -0.4 is 14.8 Å². The van der Waals surface area contributed by atoms with Gasteiger partial charge < -0.3 is 19.3 Å². The van der Waals surface area contributed by atoms with Gasteiger partial charge >= 0.3 is 5.69 Å². The van der Waals surface area contributed by atoms with E-state index in [-0.39, 0.29) is 42.1 Å². The standard InChI is InChI=1S/C19H18N4O6/c1-12-7-8-16(14(9-12)23(25)26)28-11-19-21-17(22-29-19)10-18(24)20-13-5-3-4-6-15(13)27-2/h3-9H,10-11H2,1-2H3,(H,20,24). The Balaban J connectivity index is 1.60. The van der Waals surface area contributed by atoms with Crippen LogP contribution in [0.4, 0.5) is 11.4 Å². The number of carbonyl (C=O) groups excluding carboxylic acids is 1. The summed E-state index contributed by atoms with van der Waals surface area (Å²) in [7, 11) is 1.51. The average Bonchev–Trinajstić information content (AvgIpc) is 3.14. The minimum atomic E-state index is -0.524. The topological polar surface area (TPSA) is 130 Å². The van der Waals surface area contributed by atoms with Crippen molar-refractivity contribution in [1.29, 1.82) is 0 Å². The van der Waals surface area contributed by atoms with E-state index in [2.05, 4.69) is 15.5 Å². The molecule has 0 spiro atoms. The van der Waals surface area contributed by atoms with Crippen molar-refractivity contribution in [3.63, 3.8) is 0 Å². The van der Waals surface area contributed by atoms with E-state index in [0.29, 0.717) is 11.4 Å². The molecule has 1 amide bonds. The summed E-state index contributed by atoms with van der Waals surface area (Å²) in [5, 5.41) is 17.6. The molecule has 3 rings (SSSR count). The van der Waals surface area contributed by atoms with Gasteiger partial charge in [0.25, 0.3) is 5.89 Å². The van der Waals surface area contributed by atoms with Crippen molar-refractivity contribution in [3.8, 4) is 11.5 Å². The largest absolute Gasteiger partial charge is 0.495 e. The van der Waals surface area contributed by atoms with Gasteiger partial charge in [0.1, 0.15) is 5.75 Å². The maximum atomic E-state index is 12.2. The van der Waals surface area contributed by atoms with Crippen LogP contribution in [0.2, 0.25) is 0 Å². The molecule has 3 aromatic rings. The SMILES string of the molecule is COc1ccccc1NC(=O)Cc1noc(COc2ccc(C)cc2[N+](=O)[O-])n1. The number of nitrogens with one attached hydrogen (secondary N) is 1. The van der Waals surface area contributed by atoms with Crippen LogP contribution in [0.1, 0.15) is 17.3 Å². The average molecular weight is 398 g/mol. The number of aryl methyl sites for hydroxylation is 1. The fourth-order valence-corrected chi connectivity index (χ4v) is 2.54. The van der Waals surface area contributed by atoms with Crippen LogP contribution in [0, 0.1) is 17.0 Å². The Morgan fingerprint density at radius 3 is 2.79 bits per heavy atom. The van der Waals surface area contributed by atoms with E-state index in [1.807, 2.05) is 0 Å². The van der Waals surface area contributed by atoms with E-state index in [1.54, 1.807) is 37.3 Å². The summed E-state index contributed by atoms with van der Waals surface area (Å²) < 4.78 is 15.7. The van der Waals surface area contributed by atoms with Gasteiger partial charge in [-0.2, -0.15) is 4.98 Å². The number of nitro groups is 1. The van der Waals surface area contributed by atoms with Crippen molar-refractivity contribution < 1.29 is 23.7 Å². The van der Waals surface area contributed by atoms with E-state index in [4.69, 9.17) is 14.0 Å². The van der Waals surface area contributed by atoms with E-state index >= 15 is 0 Å². The number of methoxy groups -OCH3 is 1. The first-order valence-corrected chi connectivity index (χ1v) is 8.58. The molecule has 10 nitrogen and oxygen atoms in total. The number of hydrogen-bond acceptors (Lipinski definition) is 8. The van der Waals surface area contributed by atoms with Crippen LogP contribution in [0.3, 0.4) is 0 Å². The van der Waals surface area contributed by atoms with Crippen molar-refractivity contribution in [1.82, 2.24) is 10.1 Å². The first-order chi connectivity index (χ1) is 14.0. The molecule has 2 aromatic carbocycles. The van der Waals surface area contributed by atoms with Gasteiger partial charge in [0.15, 0.2) is 18.2 Å². The number of aromatic nitrogens is 2. The molecular weight excluding hydrogens is 380 g/mol. The number of ether oxygens (including phenoxy) is 2. The second-order valence-electron chi connectivity index (χ2n) is 6.05. The van der Waals surface area contributed by atoms with Gasteiger partial charge in [-0.05, 0) is 30.7 Å². The summed E-state index contributed by atoms with van der Waals surface area (Å²) in [5.41, 5.74) is 1.12. The van der Waals surface area contributed by atoms with Crippen molar-refractivity contribution in [3.05, 3.63) is 69.9 Å². The molecule has 29 heavy (non-hydrogen) atoms. The summed E-state index contributed by atoms with van der Waals surface area (Å²) in [6.07, 6.45) is -0.119. The zero-order valence-corrected chi connectivity index (χ0v) is 15.7. The lowest BCUT2D eigenvalue weighted by molar-refractivity contribution is -0.386. The minimum absolute atomic E-state index is 0.0919. The lowest BCUT2D eigenvalue weighted by Gasteiger charge is -2.08. The highest BCUT2D eigenvalue weighted by Crippen LogP contribution is 2.28. The molecule has 0 atom stereocenters. The molecule has 0 saturated carbocycles. The van der Waals surface area contributed by atoms with E-state index in [1.165, 1.54) is 19.2 Å². The predicted molar refractivity (Wildman–Crippen MR) is 102 cm³/mol. The predicted octanol–water partition coefficient (Wildman–Crippen LogP) is 3.06. The zero-order chi connectivity index (χ0) is 20.8. The van der Waals surface area contributed by atoms with Crippen LogP contribution in [-0.2, 0) is 17.8 Å². The second-order valence-corrected chi connectivity index (χ2v) is 6.05. The van der Waals surface area contributed by atoms with Gasteiger partial charge in [0, 0.05) is 6.07 Å². The number of anilines is 1. The van der Waals surface area contributed by atoms with Crippen LogP contribution in [0.5, 0.6) is 11.5 Å². The molecule has 0 unspecified atom stereocenters. The van der Waals surface area contributed by atoms with Crippen molar-refractivity contribution in [2.45, 2.75) is 20.0 Å². The quantitative estimate of drug-likeness (QED) is 0.453. The van der Waals surface area contributed by atoms with E-state index in [9.17, 15) is 14.9 Å². The number of nitrogens with zero attached hydrogens (tertiary/aromatic N) is 3. The summed E-state index contributed by atoms with van der Waals surface area (Å²) in [6.45, 7) is 1.59. The molecule has 1 aromatic heterocycles. The number of nitro benzene ring substituents is 1.